The van der Waals surface area contributed by atoms with Gasteiger partial charge in [-0.1, -0.05) is 18.2 Å². The minimum absolute atomic E-state index is 0.279. The van der Waals surface area contributed by atoms with Crippen molar-refractivity contribution in [1.29, 1.82) is 0 Å². The second kappa shape index (κ2) is 6.83. The number of aromatic nitrogens is 3. The number of rotatable bonds is 5. The van der Waals surface area contributed by atoms with Gasteiger partial charge in [0.25, 0.3) is 0 Å². The quantitative estimate of drug-likeness (QED) is 0.674. The van der Waals surface area contributed by atoms with Crippen molar-refractivity contribution in [3.8, 4) is 11.5 Å². The number of aryl methyl sites for hydroxylation is 1. The molecule has 6 nitrogen and oxygen atoms in total. The topological polar surface area (TPSA) is 78.1 Å². The molecule has 0 aliphatic heterocycles. The van der Waals surface area contributed by atoms with Crippen LogP contribution in [0.25, 0.3) is 11.5 Å². The van der Waals surface area contributed by atoms with E-state index in [-0.39, 0.29) is 6.61 Å². The lowest BCUT2D eigenvalue weighted by Gasteiger charge is -2.07. The Labute approximate surface area is 133 Å². The van der Waals surface area contributed by atoms with Gasteiger partial charge in [-0.25, -0.2) is 4.79 Å². The van der Waals surface area contributed by atoms with E-state index in [4.69, 9.17) is 9.15 Å². The van der Waals surface area contributed by atoms with Crippen LogP contribution < -0.4 is 0 Å². The second-order valence-corrected chi connectivity index (χ2v) is 4.92. The zero-order valence-corrected chi connectivity index (χ0v) is 12.6. The largest absolute Gasteiger partial charge is 0.462 e. The number of carbonyl (C=O) groups excluding carboxylic acids is 1. The summed E-state index contributed by atoms with van der Waals surface area (Å²) in [5.41, 5.74) is 1.99. The third-order valence-electron chi connectivity index (χ3n) is 3.25. The Balaban J connectivity index is 1.70. The van der Waals surface area contributed by atoms with Crippen LogP contribution in [0.2, 0.25) is 0 Å². The molecular formula is C17H15N3O3. The van der Waals surface area contributed by atoms with Gasteiger partial charge in [0.05, 0.1) is 17.7 Å². The fourth-order valence-electron chi connectivity index (χ4n) is 2.14. The maximum atomic E-state index is 12.3. The molecule has 0 saturated heterocycles. The highest BCUT2D eigenvalue weighted by molar-refractivity contribution is 5.96. The van der Waals surface area contributed by atoms with Crippen molar-refractivity contribution in [2.45, 2.75) is 13.3 Å². The van der Waals surface area contributed by atoms with E-state index in [1.165, 1.54) is 0 Å². The molecule has 0 aliphatic rings. The van der Waals surface area contributed by atoms with Crippen LogP contribution in [-0.2, 0) is 11.2 Å². The molecule has 2 aromatic heterocycles. The first kappa shape index (κ1) is 14.9. The average molecular weight is 309 g/mol. The smallest absolute Gasteiger partial charge is 0.338 e. The zero-order valence-electron chi connectivity index (χ0n) is 12.6. The second-order valence-electron chi connectivity index (χ2n) is 4.92. The SMILES string of the molecule is Cc1nnc(-c2ccccc2C(=O)OCCc2cccnc2)o1. The first-order chi connectivity index (χ1) is 11.2. The molecule has 3 aromatic rings. The first-order valence-electron chi connectivity index (χ1n) is 7.19. The summed E-state index contributed by atoms with van der Waals surface area (Å²) in [7, 11) is 0. The molecule has 0 bridgehead atoms. The molecule has 0 amide bonds. The lowest BCUT2D eigenvalue weighted by atomic mass is 10.1. The van der Waals surface area contributed by atoms with E-state index in [0.29, 0.717) is 29.3 Å². The van der Waals surface area contributed by atoms with Crippen LogP contribution in [0.15, 0.2) is 53.2 Å². The summed E-state index contributed by atoms with van der Waals surface area (Å²) in [6, 6.07) is 10.8. The molecule has 0 saturated carbocycles. The van der Waals surface area contributed by atoms with Crippen LogP contribution >= 0.6 is 0 Å². The van der Waals surface area contributed by atoms with Crippen LogP contribution in [0.5, 0.6) is 0 Å². The molecule has 3 rings (SSSR count). The highest BCUT2D eigenvalue weighted by Gasteiger charge is 2.17. The summed E-state index contributed by atoms with van der Waals surface area (Å²) in [4.78, 5) is 16.3. The predicted octanol–water partition coefficient (Wildman–Crippen LogP) is 2.84. The van der Waals surface area contributed by atoms with Gasteiger partial charge in [-0.2, -0.15) is 0 Å². The van der Waals surface area contributed by atoms with Crippen molar-refractivity contribution in [3.63, 3.8) is 0 Å². The molecule has 0 atom stereocenters. The minimum Gasteiger partial charge on any atom is -0.462 e. The zero-order chi connectivity index (χ0) is 16.1. The lowest BCUT2D eigenvalue weighted by Crippen LogP contribution is -2.09. The van der Waals surface area contributed by atoms with Crippen molar-refractivity contribution >= 4 is 5.97 Å². The number of ether oxygens (including phenoxy) is 1. The monoisotopic (exact) mass is 309 g/mol. The number of hydrogen-bond donors (Lipinski definition) is 0. The van der Waals surface area contributed by atoms with Gasteiger partial charge in [0.15, 0.2) is 0 Å². The fourth-order valence-corrected chi connectivity index (χ4v) is 2.14. The minimum atomic E-state index is -0.416. The Kier molecular flexibility index (Phi) is 4.42. The predicted molar refractivity (Wildman–Crippen MR) is 82.7 cm³/mol. The molecule has 0 fully saturated rings. The lowest BCUT2D eigenvalue weighted by molar-refractivity contribution is 0.0510. The summed E-state index contributed by atoms with van der Waals surface area (Å²) < 4.78 is 10.7. The number of hydrogen-bond acceptors (Lipinski definition) is 6. The standard InChI is InChI=1S/C17H15N3O3/c1-12-19-20-16(23-12)14-6-2-3-7-15(14)17(21)22-10-8-13-5-4-9-18-11-13/h2-7,9,11H,8,10H2,1H3. The number of benzene rings is 1. The third-order valence-corrected chi connectivity index (χ3v) is 3.25. The van der Waals surface area contributed by atoms with E-state index >= 15 is 0 Å². The number of pyridine rings is 1. The molecule has 0 spiro atoms. The Hall–Kier alpha value is -3.02. The molecule has 116 valence electrons. The van der Waals surface area contributed by atoms with Gasteiger partial charge in [-0.3, -0.25) is 4.98 Å². The summed E-state index contributed by atoms with van der Waals surface area (Å²) in [5, 5.41) is 7.74. The number of carbonyl (C=O) groups is 1. The van der Waals surface area contributed by atoms with Crippen LogP contribution in [0, 0.1) is 6.92 Å². The van der Waals surface area contributed by atoms with Crippen LogP contribution in [0.1, 0.15) is 21.8 Å². The summed E-state index contributed by atoms with van der Waals surface area (Å²) >= 11 is 0. The van der Waals surface area contributed by atoms with E-state index in [0.717, 1.165) is 5.56 Å². The van der Waals surface area contributed by atoms with Gasteiger partial charge in [0.2, 0.25) is 11.8 Å². The van der Waals surface area contributed by atoms with E-state index in [2.05, 4.69) is 15.2 Å². The normalized spacial score (nSPS) is 10.5. The maximum absolute atomic E-state index is 12.3. The fraction of sp³-hybridized carbons (Fsp3) is 0.176. The maximum Gasteiger partial charge on any atom is 0.338 e. The van der Waals surface area contributed by atoms with E-state index in [1.807, 2.05) is 12.1 Å². The average Bonchev–Trinajstić information content (AvgIpc) is 3.02. The Bertz CT molecular complexity index is 800. The molecular weight excluding hydrogens is 294 g/mol. The number of esters is 1. The summed E-state index contributed by atoms with van der Waals surface area (Å²) in [6.45, 7) is 1.98. The van der Waals surface area contributed by atoms with Crippen LogP contribution in [-0.4, -0.2) is 27.8 Å². The Morgan fingerprint density at radius 1 is 1.17 bits per heavy atom. The molecule has 0 N–H and O–H groups in total. The van der Waals surface area contributed by atoms with Crippen molar-refractivity contribution in [2.75, 3.05) is 6.61 Å². The van der Waals surface area contributed by atoms with Gasteiger partial charge in [-0.05, 0) is 23.8 Å². The van der Waals surface area contributed by atoms with Crippen LogP contribution in [0.4, 0.5) is 0 Å². The van der Waals surface area contributed by atoms with Crippen molar-refractivity contribution < 1.29 is 13.9 Å². The third kappa shape index (κ3) is 3.60. The Morgan fingerprint density at radius 2 is 2.04 bits per heavy atom. The highest BCUT2D eigenvalue weighted by atomic mass is 16.5. The molecule has 6 heteroatoms. The summed E-state index contributed by atoms with van der Waals surface area (Å²) in [5.74, 6) is 0.336. The molecule has 1 aromatic carbocycles. The number of nitrogens with zero attached hydrogens (tertiary/aromatic N) is 3. The van der Waals surface area contributed by atoms with E-state index in [9.17, 15) is 4.79 Å². The van der Waals surface area contributed by atoms with Crippen LogP contribution in [0.3, 0.4) is 0 Å². The molecule has 23 heavy (non-hydrogen) atoms. The van der Waals surface area contributed by atoms with Gasteiger partial charge < -0.3 is 9.15 Å². The van der Waals surface area contributed by atoms with Crippen molar-refractivity contribution in [1.82, 2.24) is 15.2 Å². The molecule has 0 radical (unpaired) electrons. The van der Waals surface area contributed by atoms with Gasteiger partial charge >= 0.3 is 5.97 Å². The molecule has 0 aliphatic carbocycles. The van der Waals surface area contributed by atoms with Gasteiger partial charge in [0, 0.05) is 25.7 Å². The van der Waals surface area contributed by atoms with E-state index < -0.39 is 5.97 Å². The molecule has 2 heterocycles. The van der Waals surface area contributed by atoms with Gasteiger partial charge in [-0.15, -0.1) is 10.2 Å². The molecule has 0 unspecified atom stereocenters. The van der Waals surface area contributed by atoms with Crippen molar-refractivity contribution in [2.24, 2.45) is 0 Å². The summed E-state index contributed by atoms with van der Waals surface area (Å²) in [6.07, 6.45) is 4.07. The Morgan fingerprint density at radius 3 is 2.78 bits per heavy atom. The highest BCUT2D eigenvalue weighted by Crippen LogP contribution is 2.23. The van der Waals surface area contributed by atoms with Gasteiger partial charge in [0.1, 0.15) is 0 Å². The van der Waals surface area contributed by atoms with E-state index in [1.54, 1.807) is 43.6 Å². The first-order valence-corrected chi connectivity index (χ1v) is 7.19. The van der Waals surface area contributed by atoms with Crippen molar-refractivity contribution in [3.05, 3.63) is 65.8 Å².